The second-order valence-corrected chi connectivity index (χ2v) is 6.12. The molecule has 1 aliphatic rings. The van der Waals surface area contributed by atoms with Crippen molar-refractivity contribution in [2.45, 2.75) is 46.5 Å². The zero-order chi connectivity index (χ0) is 16.6. The first-order valence-corrected chi connectivity index (χ1v) is 6.21. The van der Waals surface area contributed by atoms with E-state index in [0.717, 1.165) is 0 Å². The fourth-order valence-electron chi connectivity index (χ4n) is 1.75. The van der Waals surface area contributed by atoms with Crippen molar-refractivity contribution in [2.75, 3.05) is 0 Å². The van der Waals surface area contributed by atoms with Crippen LogP contribution < -0.4 is 5.73 Å². The lowest BCUT2D eigenvalue weighted by Gasteiger charge is -2.33. The van der Waals surface area contributed by atoms with Gasteiger partial charge in [0.05, 0.1) is 0 Å². The minimum atomic E-state index is -1.43. The average molecular weight is 301 g/mol. The van der Waals surface area contributed by atoms with Gasteiger partial charge in [0.15, 0.2) is 17.4 Å². The SMILES string of the molecule is CC1(C)OC(=O)C(=C(O)C(OC(N)=O)C(C)(C)C)C(=O)O1. The fraction of sp³-hybridized carbons (Fsp3) is 0.615. The zero-order valence-corrected chi connectivity index (χ0v) is 12.6. The molecule has 0 aliphatic carbocycles. The molecule has 1 atom stereocenters. The van der Waals surface area contributed by atoms with Crippen molar-refractivity contribution in [1.82, 2.24) is 0 Å². The van der Waals surface area contributed by atoms with E-state index < -0.39 is 46.7 Å². The average Bonchev–Trinajstić information content (AvgIpc) is 2.20. The van der Waals surface area contributed by atoms with E-state index >= 15 is 0 Å². The van der Waals surface area contributed by atoms with Gasteiger partial charge < -0.3 is 25.1 Å². The standard InChI is InChI=1S/C13H19NO7/c1-12(2,3)8(19-11(14)18)7(15)6-9(16)20-13(4,5)21-10(6)17/h8,15H,1-5H3,(H2,14,18). The maximum atomic E-state index is 11.9. The summed E-state index contributed by atoms with van der Waals surface area (Å²) in [6.07, 6.45) is -2.45. The number of nitrogens with two attached hydrogens (primary N) is 1. The van der Waals surface area contributed by atoms with Crippen molar-refractivity contribution >= 4 is 18.0 Å². The highest BCUT2D eigenvalue weighted by molar-refractivity contribution is 6.15. The lowest BCUT2D eigenvalue weighted by Crippen LogP contribution is -2.44. The number of ether oxygens (including phenoxy) is 3. The van der Waals surface area contributed by atoms with Crippen LogP contribution in [0.15, 0.2) is 11.3 Å². The Morgan fingerprint density at radius 1 is 1.24 bits per heavy atom. The number of cyclic esters (lactones) is 2. The normalized spacial score (nSPS) is 19.4. The lowest BCUT2D eigenvalue weighted by molar-refractivity contribution is -0.223. The van der Waals surface area contributed by atoms with E-state index in [1.165, 1.54) is 13.8 Å². The van der Waals surface area contributed by atoms with Crippen LogP contribution in [0.3, 0.4) is 0 Å². The molecule has 21 heavy (non-hydrogen) atoms. The molecule has 1 rings (SSSR count). The first kappa shape index (κ1) is 16.8. The Morgan fingerprint density at radius 3 is 2.00 bits per heavy atom. The summed E-state index contributed by atoms with van der Waals surface area (Å²) in [6.45, 7) is 7.62. The molecule has 0 aromatic rings. The third-order valence-corrected chi connectivity index (χ3v) is 2.61. The van der Waals surface area contributed by atoms with Crippen LogP contribution >= 0.6 is 0 Å². The van der Waals surface area contributed by atoms with Crippen molar-refractivity contribution < 1.29 is 33.7 Å². The quantitative estimate of drug-likeness (QED) is 0.339. The Labute approximate surface area is 121 Å². The van der Waals surface area contributed by atoms with Gasteiger partial charge in [0.25, 0.3) is 5.79 Å². The van der Waals surface area contributed by atoms with Gasteiger partial charge in [-0.2, -0.15) is 0 Å². The first-order valence-electron chi connectivity index (χ1n) is 6.21. The smallest absolute Gasteiger partial charge is 0.405 e. The first-order chi connectivity index (χ1) is 9.35. The van der Waals surface area contributed by atoms with Gasteiger partial charge in [-0.05, 0) is 0 Å². The minimum absolute atomic E-state index is 0.713. The number of hydrogen-bond acceptors (Lipinski definition) is 7. The topological polar surface area (TPSA) is 125 Å². The molecule has 1 heterocycles. The van der Waals surface area contributed by atoms with Gasteiger partial charge in [-0.1, -0.05) is 20.8 Å². The molecular weight excluding hydrogens is 282 g/mol. The number of carbonyl (C=O) groups excluding carboxylic acids is 3. The second-order valence-electron chi connectivity index (χ2n) is 6.12. The third kappa shape index (κ3) is 3.87. The number of primary amides is 1. The van der Waals surface area contributed by atoms with Crippen LogP contribution in [0.25, 0.3) is 0 Å². The Hall–Kier alpha value is -2.25. The number of hydrogen-bond donors (Lipinski definition) is 2. The second kappa shape index (κ2) is 5.27. The molecule has 1 amide bonds. The molecule has 0 aromatic carbocycles. The molecule has 1 fully saturated rings. The van der Waals surface area contributed by atoms with Crippen LogP contribution in [0.5, 0.6) is 0 Å². The molecule has 1 unspecified atom stereocenters. The van der Waals surface area contributed by atoms with E-state index in [1.807, 2.05) is 0 Å². The van der Waals surface area contributed by atoms with E-state index in [2.05, 4.69) is 0 Å². The Balaban J connectivity index is 3.28. The summed E-state index contributed by atoms with van der Waals surface area (Å²) in [5.41, 5.74) is 3.41. The lowest BCUT2D eigenvalue weighted by atomic mass is 9.86. The third-order valence-electron chi connectivity index (χ3n) is 2.61. The van der Waals surface area contributed by atoms with Crippen molar-refractivity contribution in [3.05, 3.63) is 11.3 Å². The molecule has 0 aromatic heterocycles. The number of amides is 1. The van der Waals surface area contributed by atoms with Crippen LogP contribution in [-0.2, 0) is 23.8 Å². The van der Waals surface area contributed by atoms with Gasteiger partial charge in [0, 0.05) is 19.3 Å². The highest BCUT2D eigenvalue weighted by atomic mass is 16.7. The van der Waals surface area contributed by atoms with Gasteiger partial charge in [0.1, 0.15) is 0 Å². The van der Waals surface area contributed by atoms with Gasteiger partial charge in [-0.25, -0.2) is 14.4 Å². The maximum absolute atomic E-state index is 11.9. The Bertz CT molecular complexity index is 491. The molecule has 0 bridgehead atoms. The predicted molar refractivity (Wildman–Crippen MR) is 69.8 cm³/mol. The summed E-state index contributed by atoms with van der Waals surface area (Å²) in [6, 6.07) is 0. The van der Waals surface area contributed by atoms with Crippen molar-refractivity contribution in [2.24, 2.45) is 11.1 Å². The monoisotopic (exact) mass is 301 g/mol. The maximum Gasteiger partial charge on any atom is 0.405 e. The highest BCUT2D eigenvalue weighted by Crippen LogP contribution is 2.32. The molecular formula is C13H19NO7. The summed E-state index contributed by atoms with van der Waals surface area (Å²) >= 11 is 0. The van der Waals surface area contributed by atoms with E-state index in [9.17, 15) is 19.5 Å². The van der Waals surface area contributed by atoms with Crippen LogP contribution in [0.1, 0.15) is 34.6 Å². The van der Waals surface area contributed by atoms with Crippen molar-refractivity contribution in [3.63, 3.8) is 0 Å². The summed E-state index contributed by atoms with van der Waals surface area (Å²) in [5.74, 6) is -4.31. The van der Waals surface area contributed by atoms with Crippen LogP contribution in [-0.4, -0.2) is 35.0 Å². The predicted octanol–water partition coefficient (Wildman–Crippen LogP) is 1.14. The molecule has 0 saturated carbocycles. The Morgan fingerprint density at radius 2 is 1.67 bits per heavy atom. The van der Waals surface area contributed by atoms with E-state index in [4.69, 9.17) is 19.9 Å². The molecule has 8 heteroatoms. The fourth-order valence-corrected chi connectivity index (χ4v) is 1.75. The zero-order valence-electron chi connectivity index (χ0n) is 12.6. The van der Waals surface area contributed by atoms with E-state index in [0.29, 0.717) is 0 Å². The Kier molecular flexibility index (Phi) is 4.21. The molecule has 3 N–H and O–H groups in total. The number of aliphatic hydroxyl groups is 1. The number of rotatable bonds is 2. The molecule has 8 nitrogen and oxygen atoms in total. The number of esters is 2. The summed E-state index contributed by atoms with van der Waals surface area (Å²) in [5, 5.41) is 10.2. The van der Waals surface area contributed by atoms with Gasteiger partial charge in [0.2, 0.25) is 0 Å². The van der Waals surface area contributed by atoms with Gasteiger partial charge >= 0.3 is 18.0 Å². The minimum Gasteiger partial charge on any atom is -0.507 e. The number of aliphatic hydroxyl groups excluding tert-OH is 1. The van der Waals surface area contributed by atoms with E-state index in [-0.39, 0.29) is 0 Å². The van der Waals surface area contributed by atoms with Gasteiger partial charge in [-0.3, -0.25) is 0 Å². The number of carbonyl (C=O) groups is 3. The summed E-state index contributed by atoms with van der Waals surface area (Å²) < 4.78 is 14.5. The van der Waals surface area contributed by atoms with Crippen molar-refractivity contribution in [1.29, 1.82) is 0 Å². The van der Waals surface area contributed by atoms with Crippen LogP contribution in [0, 0.1) is 5.41 Å². The molecule has 1 aliphatic heterocycles. The molecule has 0 spiro atoms. The van der Waals surface area contributed by atoms with E-state index in [1.54, 1.807) is 20.8 Å². The van der Waals surface area contributed by atoms with Crippen LogP contribution in [0.2, 0.25) is 0 Å². The van der Waals surface area contributed by atoms with Crippen molar-refractivity contribution in [3.8, 4) is 0 Å². The molecule has 118 valence electrons. The molecule has 1 saturated heterocycles. The largest absolute Gasteiger partial charge is 0.507 e. The summed E-state index contributed by atoms with van der Waals surface area (Å²) in [7, 11) is 0. The highest BCUT2D eigenvalue weighted by Gasteiger charge is 2.45. The summed E-state index contributed by atoms with van der Waals surface area (Å²) in [4.78, 5) is 34.7. The van der Waals surface area contributed by atoms with Gasteiger partial charge in [-0.15, -0.1) is 0 Å². The van der Waals surface area contributed by atoms with Crippen LogP contribution in [0.4, 0.5) is 4.79 Å². The molecule has 0 radical (unpaired) electrons.